The van der Waals surface area contributed by atoms with Crippen LogP contribution in [0.2, 0.25) is 0 Å². The second-order valence-corrected chi connectivity index (χ2v) is 6.01. The molecule has 0 saturated heterocycles. The summed E-state index contributed by atoms with van der Waals surface area (Å²) in [6, 6.07) is 5.71. The van der Waals surface area contributed by atoms with Gasteiger partial charge in [0.1, 0.15) is 22.1 Å². The Hall–Kier alpha value is -1.04. The third-order valence-electron chi connectivity index (χ3n) is 3.22. The van der Waals surface area contributed by atoms with Gasteiger partial charge in [0.25, 0.3) is 0 Å². The summed E-state index contributed by atoms with van der Waals surface area (Å²) in [5, 5.41) is 12.7. The van der Waals surface area contributed by atoms with Crippen LogP contribution in [0.5, 0.6) is 11.5 Å². The summed E-state index contributed by atoms with van der Waals surface area (Å²) in [4.78, 5) is 0.961. The maximum absolute atomic E-state index is 10.7. The maximum atomic E-state index is 10.7. The van der Waals surface area contributed by atoms with Crippen LogP contribution in [0.1, 0.15) is 29.0 Å². The summed E-state index contributed by atoms with van der Waals surface area (Å²) < 4.78 is 11.4. The highest BCUT2D eigenvalue weighted by Crippen LogP contribution is 2.42. The second kappa shape index (κ2) is 6.61. The molecule has 2 rings (SSSR count). The minimum Gasteiger partial charge on any atom is -0.495 e. The Bertz CT molecular complexity index is 595. The van der Waals surface area contributed by atoms with E-state index in [2.05, 4.69) is 22.9 Å². The Morgan fingerprint density at radius 3 is 2.60 bits per heavy atom. The molecule has 0 amide bonds. The summed E-state index contributed by atoms with van der Waals surface area (Å²) in [5.74, 6) is 1.28. The van der Waals surface area contributed by atoms with Crippen molar-refractivity contribution in [2.75, 3.05) is 14.2 Å². The first-order valence-corrected chi connectivity index (χ1v) is 7.96. The molecule has 1 aromatic carbocycles. The SMILES string of the molecule is CCc1ccsc1C(O)c1ccc(OC)c(Br)c1OC. The van der Waals surface area contributed by atoms with Gasteiger partial charge >= 0.3 is 0 Å². The summed E-state index contributed by atoms with van der Waals surface area (Å²) in [6.45, 7) is 2.08. The topological polar surface area (TPSA) is 38.7 Å². The summed E-state index contributed by atoms with van der Waals surface area (Å²) in [7, 11) is 3.19. The number of ether oxygens (including phenoxy) is 2. The first-order chi connectivity index (χ1) is 9.63. The van der Waals surface area contributed by atoms with Crippen LogP contribution in [-0.4, -0.2) is 19.3 Å². The number of thiophene rings is 1. The number of aliphatic hydroxyl groups excluding tert-OH is 1. The molecular weight excluding hydrogens is 340 g/mol. The first-order valence-electron chi connectivity index (χ1n) is 6.28. The summed E-state index contributed by atoms with van der Waals surface area (Å²) in [5.41, 5.74) is 1.90. The zero-order valence-corrected chi connectivity index (χ0v) is 14.0. The van der Waals surface area contributed by atoms with Gasteiger partial charge in [-0.25, -0.2) is 0 Å². The van der Waals surface area contributed by atoms with E-state index < -0.39 is 6.10 Å². The second-order valence-electron chi connectivity index (χ2n) is 4.27. The Morgan fingerprint density at radius 2 is 2.00 bits per heavy atom. The maximum Gasteiger partial charge on any atom is 0.142 e. The lowest BCUT2D eigenvalue weighted by Crippen LogP contribution is -2.04. The molecule has 3 nitrogen and oxygen atoms in total. The minimum atomic E-state index is -0.692. The van der Waals surface area contributed by atoms with E-state index in [0.29, 0.717) is 16.0 Å². The molecule has 0 spiro atoms. The molecule has 1 atom stereocenters. The van der Waals surface area contributed by atoms with Crippen LogP contribution in [0, 0.1) is 0 Å². The molecule has 1 heterocycles. The number of rotatable bonds is 5. The molecule has 0 bridgehead atoms. The molecule has 0 aliphatic carbocycles. The van der Waals surface area contributed by atoms with E-state index in [-0.39, 0.29) is 0 Å². The Balaban J connectivity index is 2.49. The van der Waals surface area contributed by atoms with E-state index in [4.69, 9.17) is 9.47 Å². The summed E-state index contributed by atoms with van der Waals surface area (Å²) in [6.07, 6.45) is 0.206. The van der Waals surface area contributed by atoms with Crippen molar-refractivity contribution < 1.29 is 14.6 Å². The quantitative estimate of drug-likeness (QED) is 0.873. The third kappa shape index (κ3) is 2.71. The van der Waals surface area contributed by atoms with Crippen molar-refractivity contribution in [3.05, 3.63) is 44.1 Å². The normalized spacial score (nSPS) is 12.2. The molecule has 0 fully saturated rings. The predicted octanol–water partition coefficient (Wildman–Crippen LogP) is 4.17. The van der Waals surface area contributed by atoms with Crippen molar-refractivity contribution in [1.29, 1.82) is 0 Å². The van der Waals surface area contributed by atoms with Gasteiger partial charge in [0.05, 0.1) is 14.2 Å². The molecule has 0 saturated carbocycles. The van der Waals surface area contributed by atoms with Gasteiger partial charge < -0.3 is 14.6 Å². The lowest BCUT2D eigenvalue weighted by atomic mass is 10.0. The smallest absolute Gasteiger partial charge is 0.142 e. The number of benzene rings is 1. The molecule has 0 aliphatic rings. The molecule has 1 unspecified atom stereocenters. The van der Waals surface area contributed by atoms with Crippen LogP contribution in [0.15, 0.2) is 28.1 Å². The van der Waals surface area contributed by atoms with Gasteiger partial charge in [-0.05, 0) is 51.5 Å². The van der Waals surface area contributed by atoms with Gasteiger partial charge in [0.2, 0.25) is 0 Å². The molecule has 108 valence electrons. The van der Waals surface area contributed by atoms with Crippen molar-refractivity contribution in [3.8, 4) is 11.5 Å². The first kappa shape index (κ1) is 15.4. The van der Waals surface area contributed by atoms with E-state index in [1.807, 2.05) is 23.6 Å². The standard InChI is InChI=1S/C15H17BrO3S/c1-4-9-7-8-20-15(9)13(17)10-5-6-11(18-2)12(16)14(10)19-3/h5-8,13,17H,4H2,1-3H3. The molecule has 5 heteroatoms. The Labute approximate surface area is 131 Å². The van der Waals surface area contributed by atoms with E-state index in [9.17, 15) is 5.11 Å². The molecule has 2 aromatic rings. The Morgan fingerprint density at radius 1 is 1.25 bits per heavy atom. The van der Waals surface area contributed by atoms with Gasteiger partial charge in [-0.1, -0.05) is 6.92 Å². The average molecular weight is 357 g/mol. The molecule has 1 N–H and O–H groups in total. The monoisotopic (exact) mass is 356 g/mol. The van der Waals surface area contributed by atoms with Crippen LogP contribution in [-0.2, 0) is 6.42 Å². The number of halogens is 1. The lowest BCUT2D eigenvalue weighted by molar-refractivity contribution is 0.217. The van der Waals surface area contributed by atoms with Crippen LogP contribution in [0.25, 0.3) is 0 Å². The van der Waals surface area contributed by atoms with E-state index in [0.717, 1.165) is 22.4 Å². The van der Waals surface area contributed by atoms with E-state index >= 15 is 0 Å². The fourth-order valence-electron chi connectivity index (χ4n) is 2.15. The van der Waals surface area contributed by atoms with Crippen molar-refractivity contribution in [1.82, 2.24) is 0 Å². The number of hydrogen-bond acceptors (Lipinski definition) is 4. The van der Waals surface area contributed by atoms with Crippen LogP contribution >= 0.6 is 27.3 Å². The molecule has 20 heavy (non-hydrogen) atoms. The summed E-state index contributed by atoms with van der Waals surface area (Å²) >= 11 is 5.02. The zero-order valence-electron chi connectivity index (χ0n) is 11.6. The van der Waals surface area contributed by atoms with Gasteiger partial charge in [-0.2, -0.15) is 0 Å². The third-order valence-corrected chi connectivity index (χ3v) is 4.98. The fraction of sp³-hybridized carbons (Fsp3) is 0.333. The van der Waals surface area contributed by atoms with Crippen LogP contribution in [0.3, 0.4) is 0 Å². The van der Waals surface area contributed by atoms with Crippen molar-refractivity contribution in [2.45, 2.75) is 19.4 Å². The highest BCUT2D eigenvalue weighted by molar-refractivity contribution is 9.10. The van der Waals surface area contributed by atoms with Crippen molar-refractivity contribution in [3.63, 3.8) is 0 Å². The zero-order chi connectivity index (χ0) is 14.7. The number of methoxy groups -OCH3 is 2. The fourth-order valence-corrected chi connectivity index (χ4v) is 3.84. The van der Waals surface area contributed by atoms with Crippen LogP contribution < -0.4 is 9.47 Å². The van der Waals surface area contributed by atoms with E-state index in [1.165, 1.54) is 0 Å². The average Bonchev–Trinajstić information content (AvgIpc) is 2.94. The van der Waals surface area contributed by atoms with Gasteiger partial charge in [0, 0.05) is 10.4 Å². The van der Waals surface area contributed by atoms with Gasteiger partial charge in [-0.15, -0.1) is 11.3 Å². The molecule has 0 aliphatic heterocycles. The van der Waals surface area contributed by atoms with Gasteiger partial charge in [-0.3, -0.25) is 0 Å². The Kier molecular flexibility index (Phi) is 5.07. The van der Waals surface area contributed by atoms with E-state index in [1.54, 1.807) is 25.6 Å². The largest absolute Gasteiger partial charge is 0.495 e. The molecule has 1 aromatic heterocycles. The lowest BCUT2D eigenvalue weighted by Gasteiger charge is -2.18. The van der Waals surface area contributed by atoms with Crippen LogP contribution in [0.4, 0.5) is 0 Å². The van der Waals surface area contributed by atoms with Crippen molar-refractivity contribution in [2.24, 2.45) is 0 Å². The number of aliphatic hydroxyl groups is 1. The predicted molar refractivity (Wildman–Crippen MR) is 85.0 cm³/mol. The van der Waals surface area contributed by atoms with Gasteiger partial charge in [0.15, 0.2) is 0 Å². The molecule has 0 radical (unpaired) electrons. The highest BCUT2D eigenvalue weighted by atomic mass is 79.9. The van der Waals surface area contributed by atoms with Crippen molar-refractivity contribution >= 4 is 27.3 Å². The highest BCUT2D eigenvalue weighted by Gasteiger charge is 2.22. The minimum absolute atomic E-state index is 0.604. The molecular formula is C15H17BrO3S. The number of hydrogen-bond donors (Lipinski definition) is 1. The number of aryl methyl sites for hydroxylation is 1.